The van der Waals surface area contributed by atoms with Crippen LogP contribution in [0.2, 0.25) is 0 Å². The zero-order valence-electron chi connectivity index (χ0n) is 10.1. The van der Waals surface area contributed by atoms with E-state index in [4.69, 9.17) is 0 Å². The van der Waals surface area contributed by atoms with Crippen molar-refractivity contribution in [2.24, 2.45) is 5.92 Å². The molecule has 1 atom stereocenters. The van der Waals surface area contributed by atoms with Crippen molar-refractivity contribution in [2.75, 3.05) is 0 Å². The molecule has 86 valence electrons. The maximum Gasteiger partial charge on any atom is 0.0409 e. The predicted molar refractivity (Wildman–Crippen MR) is 72.6 cm³/mol. The maximum absolute atomic E-state index is 4.34. The van der Waals surface area contributed by atoms with Crippen molar-refractivity contribution < 1.29 is 0 Å². The molecule has 0 aliphatic carbocycles. The van der Waals surface area contributed by atoms with Crippen molar-refractivity contribution in [3.63, 3.8) is 0 Å². The van der Waals surface area contributed by atoms with Crippen LogP contribution >= 0.6 is 0 Å². The predicted octanol–water partition coefficient (Wildman–Crippen LogP) is 3.97. The second kappa shape index (κ2) is 6.00. The summed E-state index contributed by atoms with van der Waals surface area (Å²) in [6, 6.07) is 16.5. The van der Waals surface area contributed by atoms with E-state index in [2.05, 4.69) is 54.4 Å². The molecule has 0 radical (unpaired) electrons. The van der Waals surface area contributed by atoms with Crippen LogP contribution in [0.15, 0.2) is 60.8 Å². The van der Waals surface area contributed by atoms with Gasteiger partial charge >= 0.3 is 0 Å². The average Bonchev–Trinajstić information content (AvgIpc) is 2.39. The van der Waals surface area contributed by atoms with E-state index in [-0.39, 0.29) is 0 Å². The third-order valence-electron chi connectivity index (χ3n) is 2.67. The lowest BCUT2D eigenvalue weighted by Crippen LogP contribution is -1.97. The Kier molecular flexibility index (Phi) is 4.09. The summed E-state index contributed by atoms with van der Waals surface area (Å²) in [5.41, 5.74) is 2.40. The van der Waals surface area contributed by atoms with Crippen LogP contribution in [0.3, 0.4) is 0 Å². The molecular formula is C16H17N. The largest absolute Gasteiger partial charge is 0.261 e. The first-order valence-corrected chi connectivity index (χ1v) is 5.98. The number of pyridine rings is 1. The van der Waals surface area contributed by atoms with Crippen LogP contribution in [-0.2, 0) is 6.42 Å². The maximum atomic E-state index is 4.34. The van der Waals surface area contributed by atoms with E-state index in [1.54, 1.807) is 0 Å². The Hall–Kier alpha value is -1.89. The Morgan fingerprint density at radius 1 is 1.06 bits per heavy atom. The van der Waals surface area contributed by atoms with Gasteiger partial charge in [-0.1, -0.05) is 55.5 Å². The molecule has 0 saturated carbocycles. The van der Waals surface area contributed by atoms with E-state index < -0.39 is 0 Å². The van der Waals surface area contributed by atoms with Crippen LogP contribution in [0.4, 0.5) is 0 Å². The fourth-order valence-corrected chi connectivity index (χ4v) is 1.76. The van der Waals surface area contributed by atoms with E-state index in [0.29, 0.717) is 5.92 Å². The summed E-state index contributed by atoms with van der Waals surface area (Å²) in [5, 5.41) is 0. The number of hydrogen-bond donors (Lipinski definition) is 0. The molecule has 2 rings (SSSR count). The third kappa shape index (κ3) is 3.87. The van der Waals surface area contributed by atoms with Crippen molar-refractivity contribution in [2.45, 2.75) is 13.3 Å². The number of aromatic nitrogens is 1. The SMILES string of the molecule is CC(/C=C/c1ccccc1)Cc1ccccn1. The van der Waals surface area contributed by atoms with Crippen molar-refractivity contribution in [3.05, 3.63) is 72.1 Å². The van der Waals surface area contributed by atoms with Gasteiger partial charge in [0.25, 0.3) is 0 Å². The molecule has 0 saturated heterocycles. The molecule has 1 aromatic carbocycles. The molecule has 1 heterocycles. The molecule has 0 N–H and O–H groups in total. The Morgan fingerprint density at radius 2 is 1.82 bits per heavy atom. The molecule has 17 heavy (non-hydrogen) atoms. The average molecular weight is 223 g/mol. The molecule has 1 heteroatoms. The summed E-state index contributed by atoms with van der Waals surface area (Å²) in [4.78, 5) is 4.34. The number of allylic oxidation sites excluding steroid dienone is 1. The molecule has 0 aliphatic rings. The van der Waals surface area contributed by atoms with Gasteiger partial charge in [0.1, 0.15) is 0 Å². The lowest BCUT2D eigenvalue weighted by molar-refractivity contribution is 0.710. The molecule has 1 aromatic heterocycles. The van der Waals surface area contributed by atoms with Gasteiger partial charge in [-0.05, 0) is 30.0 Å². The van der Waals surface area contributed by atoms with Crippen LogP contribution in [-0.4, -0.2) is 4.98 Å². The minimum Gasteiger partial charge on any atom is -0.261 e. The van der Waals surface area contributed by atoms with Gasteiger partial charge in [-0.25, -0.2) is 0 Å². The fraction of sp³-hybridized carbons (Fsp3) is 0.188. The van der Waals surface area contributed by atoms with E-state index in [1.807, 2.05) is 24.4 Å². The summed E-state index contributed by atoms with van der Waals surface area (Å²) in [5.74, 6) is 0.505. The molecule has 0 bridgehead atoms. The number of benzene rings is 1. The van der Waals surface area contributed by atoms with Crippen LogP contribution in [0.25, 0.3) is 6.08 Å². The summed E-state index contributed by atoms with van der Waals surface area (Å²) < 4.78 is 0. The topological polar surface area (TPSA) is 12.9 Å². The summed E-state index contributed by atoms with van der Waals surface area (Å²) in [6.45, 7) is 2.22. The third-order valence-corrected chi connectivity index (χ3v) is 2.67. The molecule has 1 nitrogen and oxygen atoms in total. The van der Waals surface area contributed by atoms with E-state index in [0.717, 1.165) is 12.1 Å². The highest BCUT2D eigenvalue weighted by atomic mass is 14.7. The molecule has 0 aliphatic heterocycles. The normalized spacial score (nSPS) is 12.8. The van der Waals surface area contributed by atoms with E-state index in [1.165, 1.54) is 5.56 Å². The van der Waals surface area contributed by atoms with Crippen LogP contribution in [0.1, 0.15) is 18.2 Å². The van der Waals surface area contributed by atoms with Gasteiger partial charge in [0.05, 0.1) is 0 Å². The second-order valence-electron chi connectivity index (χ2n) is 4.27. The highest BCUT2D eigenvalue weighted by Crippen LogP contribution is 2.10. The van der Waals surface area contributed by atoms with Crippen LogP contribution < -0.4 is 0 Å². The monoisotopic (exact) mass is 223 g/mol. The standard InChI is InChI=1S/C16H17N/c1-14(13-16-9-5-6-12-17-16)10-11-15-7-3-2-4-8-15/h2-12,14H,13H2,1H3/b11-10+. The van der Waals surface area contributed by atoms with Crippen molar-refractivity contribution in [3.8, 4) is 0 Å². The molecule has 1 unspecified atom stereocenters. The Bertz CT molecular complexity index is 459. The quantitative estimate of drug-likeness (QED) is 0.764. The molecule has 0 amide bonds. The van der Waals surface area contributed by atoms with Gasteiger partial charge < -0.3 is 0 Å². The van der Waals surface area contributed by atoms with Gasteiger partial charge in [0.2, 0.25) is 0 Å². The van der Waals surface area contributed by atoms with Gasteiger partial charge in [-0.2, -0.15) is 0 Å². The lowest BCUT2D eigenvalue weighted by atomic mass is 10.0. The van der Waals surface area contributed by atoms with Gasteiger partial charge in [0.15, 0.2) is 0 Å². The Balaban J connectivity index is 1.94. The van der Waals surface area contributed by atoms with Crippen LogP contribution in [0.5, 0.6) is 0 Å². The first-order valence-electron chi connectivity index (χ1n) is 5.98. The smallest absolute Gasteiger partial charge is 0.0409 e. The Labute approximate surface area is 103 Å². The van der Waals surface area contributed by atoms with Gasteiger partial charge in [0, 0.05) is 11.9 Å². The number of nitrogens with zero attached hydrogens (tertiary/aromatic N) is 1. The van der Waals surface area contributed by atoms with Gasteiger partial charge in [-0.15, -0.1) is 0 Å². The van der Waals surface area contributed by atoms with Crippen LogP contribution in [0, 0.1) is 5.92 Å². The van der Waals surface area contributed by atoms with E-state index in [9.17, 15) is 0 Å². The molecular weight excluding hydrogens is 206 g/mol. The molecule has 2 aromatic rings. The first-order chi connectivity index (χ1) is 8.34. The molecule has 0 spiro atoms. The molecule has 0 fully saturated rings. The van der Waals surface area contributed by atoms with Crippen molar-refractivity contribution in [1.82, 2.24) is 4.98 Å². The van der Waals surface area contributed by atoms with Gasteiger partial charge in [-0.3, -0.25) is 4.98 Å². The first kappa shape index (κ1) is 11.6. The highest BCUT2D eigenvalue weighted by molar-refractivity contribution is 5.48. The minimum absolute atomic E-state index is 0.505. The van der Waals surface area contributed by atoms with Crippen molar-refractivity contribution >= 4 is 6.08 Å². The zero-order valence-corrected chi connectivity index (χ0v) is 10.1. The second-order valence-corrected chi connectivity index (χ2v) is 4.27. The fourth-order valence-electron chi connectivity index (χ4n) is 1.76. The number of rotatable bonds is 4. The Morgan fingerprint density at radius 3 is 2.53 bits per heavy atom. The lowest BCUT2D eigenvalue weighted by Gasteiger charge is -2.05. The zero-order chi connectivity index (χ0) is 11.9. The summed E-state index contributed by atoms with van der Waals surface area (Å²) in [6.07, 6.45) is 7.25. The number of hydrogen-bond acceptors (Lipinski definition) is 1. The summed E-state index contributed by atoms with van der Waals surface area (Å²) in [7, 11) is 0. The summed E-state index contributed by atoms with van der Waals surface area (Å²) >= 11 is 0. The highest BCUT2D eigenvalue weighted by Gasteiger charge is 1.99. The van der Waals surface area contributed by atoms with E-state index >= 15 is 0 Å². The van der Waals surface area contributed by atoms with Crippen molar-refractivity contribution in [1.29, 1.82) is 0 Å². The minimum atomic E-state index is 0.505.